The number of hydrogen-bond donors (Lipinski definition) is 2. The van der Waals surface area contributed by atoms with Gasteiger partial charge in [0.1, 0.15) is 34.2 Å². The van der Waals surface area contributed by atoms with Gasteiger partial charge >= 0.3 is 0 Å². The maximum absolute atomic E-state index is 12.1. The number of benzene rings is 7. The van der Waals surface area contributed by atoms with E-state index in [4.69, 9.17) is 18.8 Å². The Kier molecular flexibility index (Phi) is 8.13. The van der Waals surface area contributed by atoms with Gasteiger partial charge in [-0.1, -0.05) is 109 Å². The number of phenolic OH excluding ortho intramolecular Hbond substituents is 2. The summed E-state index contributed by atoms with van der Waals surface area (Å²) in [6.07, 6.45) is 0. The van der Waals surface area contributed by atoms with Crippen molar-refractivity contribution in [3.8, 4) is 78.9 Å². The minimum atomic E-state index is 0.0761. The molecule has 2 N–H and O–H groups in total. The summed E-state index contributed by atoms with van der Waals surface area (Å²) in [6, 6.07) is 56.2. The Morgan fingerprint density at radius 1 is 0.383 bits per heavy atom. The van der Waals surface area contributed by atoms with Gasteiger partial charge in [-0.25, -0.2) is 9.97 Å². The van der Waals surface area contributed by atoms with Crippen LogP contribution in [0.1, 0.15) is 11.1 Å². The van der Waals surface area contributed by atoms with E-state index < -0.39 is 0 Å². The third kappa shape index (κ3) is 5.88. The van der Waals surface area contributed by atoms with Gasteiger partial charge in [0, 0.05) is 32.7 Å². The first-order chi connectivity index (χ1) is 29.4. The number of furan rings is 2. The molecule has 6 nitrogen and oxygen atoms in total. The van der Waals surface area contributed by atoms with E-state index in [-0.39, 0.29) is 11.5 Å². The minimum absolute atomic E-state index is 0.0761. The molecule has 0 amide bonds. The lowest BCUT2D eigenvalue weighted by Crippen LogP contribution is -1.97. The third-order valence-electron chi connectivity index (χ3n) is 11.4. The lowest BCUT2D eigenvalue weighted by molar-refractivity contribution is 0.475. The number of fused-ring (bicyclic) bond motifs is 5. The van der Waals surface area contributed by atoms with Gasteiger partial charge in [0.15, 0.2) is 0 Å². The summed E-state index contributed by atoms with van der Waals surface area (Å²) in [7, 11) is 0. The van der Waals surface area contributed by atoms with Crippen LogP contribution in [0.25, 0.3) is 111 Å². The van der Waals surface area contributed by atoms with Crippen molar-refractivity contribution in [3.05, 3.63) is 181 Å². The maximum atomic E-state index is 12.1. The predicted molar refractivity (Wildman–Crippen MR) is 242 cm³/mol. The van der Waals surface area contributed by atoms with Crippen LogP contribution in [-0.2, 0) is 0 Å². The maximum Gasteiger partial charge on any atom is 0.139 e. The van der Waals surface area contributed by atoms with E-state index in [0.29, 0.717) is 56.2 Å². The molecule has 286 valence electrons. The molecule has 0 spiro atoms. The molecule has 0 saturated carbocycles. The van der Waals surface area contributed by atoms with Gasteiger partial charge in [0.25, 0.3) is 0 Å². The second-order valence-corrected chi connectivity index (χ2v) is 15.4. The Morgan fingerprint density at radius 2 is 0.767 bits per heavy atom. The van der Waals surface area contributed by atoms with Crippen molar-refractivity contribution in [3.63, 3.8) is 0 Å². The van der Waals surface area contributed by atoms with Crippen LogP contribution in [0.5, 0.6) is 11.5 Å². The molecule has 7 aromatic carbocycles. The average molecular weight is 777 g/mol. The SMILES string of the molecule is Cc1cc(-c2cc(-c3ccccc3)c3ccc4c(-c5ccccc5)cc(-c5cc(C)cc(-c6cc7ccccc7o6)c5O)nc4c3n2)c(O)c(-c2cc3ccccc3o2)c1. The second-order valence-electron chi connectivity index (χ2n) is 15.4. The highest BCUT2D eigenvalue weighted by molar-refractivity contribution is 6.13. The van der Waals surface area contributed by atoms with Crippen molar-refractivity contribution in [1.29, 1.82) is 0 Å². The van der Waals surface area contributed by atoms with E-state index in [1.54, 1.807) is 0 Å². The van der Waals surface area contributed by atoms with Crippen LogP contribution in [-0.4, -0.2) is 20.2 Å². The normalized spacial score (nSPS) is 11.6. The standard InChI is InChI=1S/C54H36N2O4/c1-31-23-41(53(57)43(25-31)49-27-35-17-9-11-19-47(35)59-49)45-29-39(33-13-5-3-6-14-33)37-21-22-38-40(34-15-7-4-8-16-34)30-46(56-52(38)51(37)55-45)42-24-32(2)26-44(54(42)58)50-28-36-18-10-12-20-48(36)60-50/h3-30,57-58H,1-2H3. The van der Waals surface area contributed by atoms with Crippen molar-refractivity contribution < 1.29 is 19.0 Å². The fourth-order valence-corrected chi connectivity index (χ4v) is 8.52. The summed E-state index contributed by atoms with van der Waals surface area (Å²) in [6.45, 7) is 4.02. The zero-order chi connectivity index (χ0) is 40.5. The largest absolute Gasteiger partial charge is 0.506 e. The van der Waals surface area contributed by atoms with Crippen LogP contribution < -0.4 is 0 Å². The highest BCUT2D eigenvalue weighted by Gasteiger charge is 2.23. The summed E-state index contributed by atoms with van der Waals surface area (Å²) in [4.78, 5) is 10.8. The van der Waals surface area contributed by atoms with Crippen LogP contribution in [0.3, 0.4) is 0 Å². The van der Waals surface area contributed by atoms with Crippen LogP contribution in [0, 0.1) is 13.8 Å². The van der Waals surface area contributed by atoms with Gasteiger partial charge in [-0.15, -0.1) is 0 Å². The van der Waals surface area contributed by atoms with Gasteiger partial charge in [0.05, 0.1) is 33.5 Å². The molecule has 0 saturated heterocycles. The van der Waals surface area contributed by atoms with Gasteiger partial charge in [-0.05, 0) is 108 Å². The summed E-state index contributed by atoms with van der Waals surface area (Å²) >= 11 is 0. The van der Waals surface area contributed by atoms with Crippen LogP contribution >= 0.6 is 0 Å². The fraction of sp³-hybridized carbons (Fsp3) is 0.0370. The van der Waals surface area contributed by atoms with Crippen LogP contribution in [0.15, 0.2) is 179 Å². The molecule has 0 bridgehead atoms. The minimum Gasteiger partial charge on any atom is -0.506 e. The molecule has 0 aliphatic carbocycles. The van der Waals surface area contributed by atoms with E-state index in [9.17, 15) is 10.2 Å². The molecule has 4 aromatic heterocycles. The van der Waals surface area contributed by atoms with Gasteiger partial charge in [-0.3, -0.25) is 0 Å². The Bertz CT molecular complexity index is 3180. The van der Waals surface area contributed by atoms with E-state index in [0.717, 1.165) is 66.1 Å². The molecule has 0 unspecified atom stereocenters. The van der Waals surface area contributed by atoms with Crippen molar-refractivity contribution in [2.24, 2.45) is 0 Å². The van der Waals surface area contributed by atoms with Crippen molar-refractivity contribution in [1.82, 2.24) is 9.97 Å². The molecule has 0 aliphatic heterocycles. The van der Waals surface area contributed by atoms with Crippen molar-refractivity contribution >= 4 is 43.7 Å². The molecule has 0 atom stereocenters. The van der Waals surface area contributed by atoms with Crippen LogP contribution in [0.2, 0.25) is 0 Å². The molecule has 0 radical (unpaired) electrons. The Hall–Kier alpha value is -7.96. The molecular formula is C54H36N2O4. The van der Waals surface area contributed by atoms with Crippen molar-refractivity contribution in [2.45, 2.75) is 13.8 Å². The van der Waals surface area contributed by atoms with Gasteiger partial charge in [-0.2, -0.15) is 0 Å². The Labute approximate surface area is 345 Å². The quantitative estimate of drug-likeness (QED) is 0.163. The van der Waals surface area contributed by atoms with Crippen molar-refractivity contribution in [2.75, 3.05) is 0 Å². The lowest BCUT2D eigenvalue weighted by atomic mass is 9.92. The van der Waals surface area contributed by atoms with E-state index in [1.165, 1.54) is 0 Å². The first kappa shape index (κ1) is 35.2. The summed E-state index contributed by atoms with van der Waals surface area (Å²) in [5, 5.41) is 28.0. The molecule has 4 heterocycles. The average Bonchev–Trinajstić information content (AvgIpc) is 3.92. The van der Waals surface area contributed by atoms with Gasteiger partial charge < -0.3 is 19.0 Å². The van der Waals surface area contributed by atoms with E-state index >= 15 is 0 Å². The predicted octanol–water partition coefficient (Wildman–Crippen LogP) is 14.3. The number of phenols is 2. The molecule has 6 heteroatoms. The summed E-state index contributed by atoms with van der Waals surface area (Å²) < 4.78 is 12.5. The molecule has 60 heavy (non-hydrogen) atoms. The van der Waals surface area contributed by atoms with E-state index in [1.807, 2.05) is 147 Å². The van der Waals surface area contributed by atoms with E-state index in [2.05, 4.69) is 36.4 Å². The Morgan fingerprint density at radius 3 is 1.18 bits per heavy atom. The number of rotatable bonds is 6. The number of aromatic hydroxyl groups is 2. The zero-order valence-corrected chi connectivity index (χ0v) is 32.8. The number of nitrogens with zero attached hydrogens (tertiary/aromatic N) is 2. The summed E-state index contributed by atoms with van der Waals surface area (Å²) in [5.74, 6) is 1.30. The third-order valence-corrected chi connectivity index (χ3v) is 11.4. The number of para-hydroxylation sites is 2. The molecular weight excluding hydrogens is 741 g/mol. The highest BCUT2D eigenvalue weighted by atomic mass is 16.3. The summed E-state index contributed by atoms with van der Waals surface area (Å²) in [5.41, 5.74) is 12.1. The molecule has 0 fully saturated rings. The van der Waals surface area contributed by atoms with Crippen LogP contribution in [0.4, 0.5) is 0 Å². The topological polar surface area (TPSA) is 92.5 Å². The number of aromatic nitrogens is 2. The lowest BCUT2D eigenvalue weighted by Gasteiger charge is -2.17. The monoisotopic (exact) mass is 776 g/mol. The number of aryl methyl sites for hydroxylation is 2. The molecule has 11 aromatic rings. The number of hydrogen-bond acceptors (Lipinski definition) is 6. The first-order valence-electron chi connectivity index (χ1n) is 19.9. The first-order valence-corrected chi connectivity index (χ1v) is 19.9. The zero-order valence-electron chi connectivity index (χ0n) is 32.8. The van der Waals surface area contributed by atoms with Gasteiger partial charge in [0.2, 0.25) is 0 Å². The smallest absolute Gasteiger partial charge is 0.139 e. The molecule has 0 aliphatic rings. The number of pyridine rings is 2. The molecule has 11 rings (SSSR count). The fourth-order valence-electron chi connectivity index (χ4n) is 8.52. The second kappa shape index (κ2) is 13.9. The Balaban J connectivity index is 1.20. The highest BCUT2D eigenvalue weighted by Crippen LogP contribution is 2.46.